The Balaban J connectivity index is 1.27. The van der Waals surface area contributed by atoms with Gasteiger partial charge in [-0.3, -0.25) is 4.79 Å². The van der Waals surface area contributed by atoms with Gasteiger partial charge in [0, 0.05) is 37.1 Å². The number of hydrogen-bond donors (Lipinski definition) is 4. The van der Waals surface area contributed by atoms with Crippen molar-refractivity contribution in [2.45, 2.75) is 94.4 Å². The molecule has 6 atom stereocenters. The highest BCUT2D eigenvalue weighted by Gasteiger charge is 2.47. The molecule has 246 valence electrons. The summed E-state index contributed by atoms with van der Waals surface area (Å²) in [5.74, 6) is -3.77. The molecule has 2 aliphatic rings. The zero-order chi connectivity index (χ0) is 32.4. The van der Waals surface area contributed by atoms with Crippen LogP contribution in [-0.2, 0) is 20.7 Å². The van der Waals surface area contributed by atoms with Gasteiger partial charge in [0.25, 0.3) is 0 Å². The molecule has 2 aromatic heterocycles. The van der Waals surface area contributed by atoms with Gasteiger partial charge in [0.15, 0.2) is 17.5 Å². The van der Waals surface area contributed by atoms with Crippen LogP contribution in [0.4, 0.5) is 13.2 Å². The quantitative estimate of drug-likeness (QED) is 0.242. The summed E-state index contributed by atoms with van der Waals surface area (Å²) in [5.41, 5.74) is 6.75. The lowest BCUT2D eigenvalue weighted by molar-refractivity contribution is -0.212. The van der Waals surface area contributed by atoms with E-state index in [1.165, 1.54) is 18.0 Å². The Kier molecular flexibility index (Phi) is 10.2. The number of methoxy groups -OCH3 is 1. The molecule has 0 bridgehead atoms. The van der Waals surface area contributed by atoms with Gasteiger partial charge in [-0.05, 0) is 43.7 Å². The predicted octanol–water partition coefficient (Wildman–Crippen LogP) is 2.40. The summed E-state index contributed by atoms with van der Waals surface area (Å²) in [5, 5.41) is 36.4. The average Bonchev–Trinajstić information content (AvgIpc) is 3.70. The second-order valence-electron chi connectivity index (χ2n) is 12.2. The Morgan fingerprint density at radius 2 is 1.84 bits per heavy atom. The number of rotatable bonds is 10. The number of hydrogen-bond acceptors (Lipinski definition) is 10. The van der Waals surface area contributed by atoms with Crippen LogP contribution in [0.15, 0.2) is 28.9 Å². The fourth-order valence-corrected chi connectivity index (χ4v) is 6.14. The van der Waals surface area contributed by atoms with Gasteiger partial charge in [0.2, 0.25) is 5.91 Å². The molecule has 5 rings (SSSR count). The van der Waals surface area contributed by atoms with Gasteiger partial charge in [0.1, 0.15) is 35.8 Å². The third kappa shape index (κ3) is 7.07. The lowest BCUT2D eigenvalue weighted by atomic mass is 9.83. The molecule has 3 heterocycles. The third-order valence-corrected chi connectivity index (χ3v) is 8.82. The van der Waals surface area contributed by atoms with Crippen molar-refractivity contribution in [3.63, 3.8) is 0 Å². The highest BCUT2D eigenvalue weighted by atomic mass is 19.2. The summed E-state index contributed by atoms with van der Waals surface area (Å²) in [6.45, 7) is 3.32. The fourth-order valence-electron chi connectivity index (χ4n) is 6.14. The molecule has 1 saturated heterocycles. The maximum absolute atomic E-state index is 13.8. The van der Waals surface area contributed by atoms with Crippen LogP contribution in [0.1, 0.15) is 62.9 Å². The van der Waals surface area contributed by atoms with Crippen LogP contribution >= 0.6 is 0 Å². The molecule has 45 heavy (non-hydrogen) atoms. The van der Waals surface area contributed by atoms with Crippen LogP contribution in [-0.4, -0.2) is 86.5 Å². The number of aliphatic hydroxyl groups is 2. The molecule has 12 nitrogen and oxygen atoms in total. The van der Waals surface area contributed by atoms with Crippen LogP contribution in [0, 0.1) is 23.4 Å². The van der Waals surface area contributed by atoms with E-state index in [1.54, 1.807) is 0 Å². The molecule has 0 unspecified atom stereocenters. The van der Waals surface area contributed by atoms with Gasteiger partial charge >= 0.3 is 0 Å². The average molecular weight is 637 g/mol. The first kappa shape index (κ1) is 33.0. The number of aliphatic hydroxyl groups excluding tert-OH is 2. The molecule has 1 saturated carbocycles. The SMILES string of the molecule is CO[C@@H]1[C@@H](n2cc(-c3cc(F)c(F)c(F)c3)nn2)[C@@H](O)[C@@H](CO)O[C@@H]1Cc1cc(C2CCC(NC(=O)[C@@H](N)C(C)C)CC2)no1. The Morgan fingerprint density at radius 3 is 2.47 bits per heavy atom. The van der Waals surface area contributed by atoms with Gasteiger partial charge in [-0.2, -0.15) is 0 Å². The van der Waals surface area contributed by atoms with Crippen molar-refractivity contribution in [1.82, 2.24) is 25.5 Å². The van der Waals surface area contributed by atoms with Crippen molar-refractivity contribution < 1.29 is 42.2 Å². The number of halogens is 3. The zero-order valence-corrected chi connectivity index (χ0v) is 25.3. The number of amides is 1. The van der Waals surface area contributed by atoms with Gasteiger partial charge in [-0.1, -0.05) is 24.2 Å². The van der Waals surface area contributed by atoms with Gasteiger partial charge in [0.05, 0.1) is 30.6 Å². The van der Waals surface area contributed by atoms with Crippen molar-refractivity contribution >= 4 is 5.91 Å². The normalized spacial score (nSPS) is 27.9. The molecule has 1 aromatic carbocycles. The minimum Gasteiger partial charge on any atom is -0.394 e. The van der Waals surface area contributed by atoms with E-state index in [4.69, 9.17) is 19.7 Å². The molecule has 1 amide bonds. The van der Waals surface area contributed by atoms with Gasteiger partial charge in [-0.25, -0.2) is 17.9 Å². The number of ether oxygens (including phenoxy) is 2. The van der Waals surface area contributed by atoms with Crippen molar-refractivity contribution in [2.75, 3.05) is 13.7 Å². The Labute approximate surface area is 258 Å². The lowest BCUT2D eigenvalue weighted by Crippen LogP contribution is -2.57. The van der Waals surface area contributed by atoms with Crippen LogP contribution in [0.5, 0.6) is 0 Å². The Morgan fingerprint density at radius 1 is 1.16 bits per heavy atom. The maximum atomic E-state index is 13.8. The third-order valence-electron chi connectivity index (χ3n) is 8.82. The summed E-state index contributed by atoms with van der Waals surface area (Å²) >= 11 is 0. The topological polar surface area (TPSA) is 171 Å². The Hall–Kier alpha value is -3.37. The van der Waals surface area contributed by atoms with Crippen molar-refractivity contribution in [3.05, 3.63) is 53.3 Å². The minimum absolute atomic E-state index is 0.0374. The van der Waals surface area contributed by atoms with Crippen LogP contribution in [0.2, 0.25) is 0 Å². The Bertz CT molecular complexity index is 1440. The predicted molar refractivity (Wildman–Crippen MR) is 153 cm³/mol. The number of nitrogens with zero attached hydrogens (tertiary/aromatic N) is 4. The molecule has 0 spiro atoms. The van der Waals surface area contributed by atoms with E-state index in [9.17, 15) is 28.2 Å². The number of carbonyl (C=O) groups is 1. The summed E-state index contributed by atoms with van der Waals surface area (Å²) < 4.78 is 59.9. The first-order valence-electron chi connectivity index (χ1n) is 15.1. The monoisotopic (exact) mass is 636 g/mol. The number of carbonyl (C=O) groups excluding carboxylic acids is 1. The largest absolute Gasteiger partial charge is 0.394 e. The second kappa shape index (κ2) is 14.0. The van der Waals surface area contributed by atoms with Crippen LogP contribution in [0.25, 0.3) is 11.3 Å². The van der Waals surface area contributed by atoms with E-state index in [0.717, 1.165) is 43.5 Å². The molecule has 1 aliphatic carbocycles. The van der Waals surface area contributed by atoms with Crippen molar-refractivity contribution in [1.29, 1.82) is 0 Å². The number of nitrogens with one attached hydrogen (secondary N) is 1. The standard InChI is InChI=1S/C30H39F3N6O6/c1-14(2)26(34)30(42)35-17-6-4-15(5-7-17)21-10-18(45-37-21)11-23-29(43-3)27(28(41)24(13-40)44-23)39-12-22(36-38-39)16-8-19(31)25(33)20(32)9-16/h8-10,12,14-15,17,23-24,26-29,40-41H,4-7,11,13,34H2,1-3H3,(H,35,42)/t15?,17?,23-,24-,26+,27+,28+,29+/m1/s1. The lowest BCUT2D eigenvalue weighted by Gasteiger charge is -2.43. The smallest absolute Gasteiger partial charge is 0.237 e. The van der Waals surface area contributed by atoms with Gasteiger partial charge < -0.3 is 35.3 Å². The molecule has 1 aliphatic heterocycles. The molecule has 3 aromatic rings. The molecular weight excluding hydrogens is 597 g/mol. The van der Waals surface area contributed by atoms with Crippen LogP contribution in [0.3, 0.4) is 0 Å². The summed E-state index contributed by atoms with van der Waals surface area (Å²) in [6, 6.07) is 2.05. The minimum atomic E-state index is -1.60. The highest BCUT2D eigenvalue weighted by Crippen LogP contribution is 2.36. The van der Waals surface area contributed by atoms with Crippen molar-refractivity contribution in [2.24, 2.45) is 11.7 Å². The summed E-state index contributed by atoms with van der Waals surface area (Å²) in [4.78, 5) is 12.4. The molecular formula is C30H39F3N6O6. The second-order valence-corrected chi connectivity index (χ2v) is 12.2. The maximum Gasteiger partial charge on any atom is 0.237 e. The molecule has 5 N–H and O–H groups in total. The van der Waals surface area contributed by atoms with E-state index in [-0.39, 0.29) is 41.5 Å². The van der Waals surface area contributed by atoms with E-state index < -0.39 is 60.6 Å². The number of aromatic nitrogens is 4. The van der Waals surface area contributed by atoms with E-state index >= 15 is 0 Å². The van der Waals surface area contributed by atoms with E-state index in [0.29, 0.717) is 5.76 Å². The van der Waals surface area contributed by atoms with Gasteiger partial charge in [-0.15, -0.1) is 5.10 Å². The first-order chi connectivity index (χ1) is 21.5. The van der Waals surface area contributed by atoms with E-state index in [1.807, 2.05) is 19.9 Å². The molecule has 15 heteroatoms. The number of nitrogens with two attached hydrogens (primary N) is 1. The summed E-state index contributed by atoms with van der Waals surface area (Å²) in [6.07, 6.45) is 0.905. The van der Waals surface area contributed by atoms with Crippen molar-refractivity contribution in [3.8, 4) is 11.3 Å². The number of benzene rings is 1. The van der Waals surface area contributed by atoms with E-state index in [2.05, 4.69) is 20.8 Å². The highest BCUT2D eigenvalue weighted by molar-refractivity contribution is 5.82. The van der Waals surface area contributed by atoms with Crippen LogP contribution < -0.4 is 11.1 Å². The fraction of sp³-hybridized carbons (Fsp3) is 0.600. The zero-order valence-electron chi connectivity index (χ0n) is 25.3. The molecule has 0 radical (unpaired) electrons. The molecule has 2 fully saturated rings. The first-order valence-corrected chi connectivity index (χ1v) is 15.1. The summed E-state index contributed by atoms with van der Waals surface area (Å²) in [7, 11) is 1.43.